The molecule has 1 aromatic heterocycles. The van der Waals surface area contributed by atoms with Crippen molar-refractivity contribution in [2.24, 2.45) is 0 Å². The van der Waals surface area contributed by atoms with Gasteiger partial charge < -0.3 is 0 Å². The van der Waals surface area contributed by atoms with E-state index in [4.69, 9.17) is 0 Å². The van der Waals surface area contributed by atoms with E-state index in [-0.39, 0.29) is 5.82 Å². The number of aryl methyl sites for hydroxylation is 1. The summed E-state index contributed by atoms with van der Waals surface area (Å²) in [6.07, 6.45) is 4.21. The molecule has 0 unspecified atom stereocenters. The molecule has 0 spiro atoms. The second-order valence-electron chi connectivity index (χ2n) is 5.84. The Kier molecular flexibility index (Phi) is 4.75. The van der Waals surface area contributed by atoms with E-state index >= 15 is 0 Å². The van der Waals surface area contributed by atoms with Crippen LogP contribution in [0.4, 0.5) is 4.39 Å². The zero-order valence-electron chi connectivity index (χ0n) is 13.8. The van der Waals surface area contributed by atoms with Crippen LogP contribution in [0.25, 0.3) is 10.9 Å². The van der Waals surface area contributed by atoms with Gasteiger partial charge in [-0.05, 0) is 53.1 Å². The van der Waals surface area contributed by atoms with Gasteiger partial charge in [0.2, 0.25) is 0 Å². The number of benzene rings is 2. The smallest absolute Gasteiger partial charge is 0.150 e. The van der Waals surface area contributed by atoms with Gasteiger partial charge in [0.05, 0.1) is 5.52 Å². The highest BCUT2D eigenvalue weighted by molar-refractivity contribution is 6.56. The summed E-state index contributed by atoms with van der Waals surface area (Å²) in [7, 11) is 2.00. The molecule has 4 heteroatoms. The molecule has 0 amide bonds. The van der Waals surface area contributed by atoms with Crippen LogP contribution in [0.1, 0.15) is 34.0 Å². The Morgan fingerprint density at radius 1 is 1.17 bits per heavy atom. The Morgan fingerprint density at radius 2 is 1.92 bits per heavy atom. The van der Waals surface area contributed by atoms with Crippen molar-refractivity contribution in [2.45, 2.75) is 26.6 Å². The van der Waals surface area contributed by atoms with E-state index in [9.17, 15) is 9.18 Å². The van der Waals surface area contributed by atoms with Gasteiger partial charge >= 0.3 is 0 Å². The summed E-state index contributed by atoms with van der Waals surface area (Å²) < 4.78 is 13.0. The van der Waals surface area contributed by atoms with Crippen LogP contribution in [0.15, 0.2) is 42.6 Å². The van der Waals surface area contributed by atoms with Gasteiger partial charge in [-0.15, -0.1) is 0 Å². The van der Waals surface area contributed by atoms with Crippen LogP contribution < -0.4 is 5.46 Å². The fourth-order valence-electron chi connectivity index (χ4n) is 3.09. The van der Waals surface area contributed by atoms with Crippen molar-refractivity contribution in [2.75, 3.05) is 0 Å². The molecular weight excluding hydrogens is 300 g/mol. The zero-order valence-corrected chi connectivity index (χ0v) is 13.8. The van der Waals surface area contributed by atoms with Gasteiger partial charge in [-0.25, -0.2) is 4.39 Å². The molecule has 0 aliphatic heterocycles. The Hall–Kier alpha value is -2.49. The van der Waals surface area contributed by atoms with Crippen LogP contribution in [0.3, 0.4) is 0 Å². The Morgan fingerprint density at radius 3 is 2.54 bits per heavy atom. The lowest BCUT2D eigenvalue weighted by atomic mass is 9.70. The molecule has 0 atom stereocenters. The van der Waals surface area contributed by atoms with Gasteiger partial charge in [-0.3, -0.25) is 9.78 Å². The molecule has 0 fully saturated rings. The molecule has 1 radical (unpaired) electrons. The molecule has 0 saturated carbocycles. The van der Waals surface area contributed by atoms with Crippen molar-refractivity contribution in [1.29, 1.82) is 0 Å². The maximum absolute atomic E-state index is 13.0. The number of carbonyl (C=O) groups is 1. The van der Waals surface area contributed by atoms with Crippen molar-refractivity contribution >= 4 is 29.9 Å². The Bertz CT molecular complexity index is 890. The lowest BCUT2D eigenvalue weighted by molar-refractivity contribution is 0.112. The Labute approximate surface area is 142 Å². The van der Waals surface area contributed by atoms with Gasteiger partial charge in [-0.1, -0.05) is 37.4 Å². The van der Waals surface area contributed by atoms with Gasteiger partial charge in [-0.2, -0.15) is 0 Å². The van der Waals surface area contributed by atoms with Crippen LogP contribution in [0, 0.1) is 5.82 Å². The predicted molar refractivity (Wildman–Crippen MR) is 97.0 cm³/mol. The maximum atomic E-state index is 13.0. The fourth-order valence-corrected chi connectivity index (χ4v) is 3.09. The molecule has 3 aromatic rings. The van der Waals surface area contributed by atoms with Gasteiger partial charge in [0, 0.05) is 11.8 Å². The van der Waals surface area contributed by atoms with Crippen LogP contribution in [-0.2, 0) is 12.8 Å². The lowest BCUT2D eigenvalue weighted by Gasteiger charge is -2.13. The number of halogens is 1. The minimum absolute atomic E-state index is 0.229. The van der Waals surface area contributed by atoms with Crippen molar-refractivity contribution < 1.29 is 9.18 Å². The van der Waals surface area contributed by atoms with E-state index in [1.165, 1.54) is 12.1 Å². The first kappa shape index (κ1) is 16.4. The lowest BCUT2D eigenvalue weighted by Crippen LogP contribution is -2.16. The summed E-state index contributed by atoms with van der Waals surface area (Å²) >= 11 is 0. The summed E-state index contributed by atoms with van der Waals surface area (Å²) in [4.78, 5) is 16.0. The minimum Gasteiger partial charge on any atom is -0.298 e. The highest BCUT2D eigenvalue weighted by atomic mass is 19.1. The van der Waals surface area contributed by atoms with Gasteiger partial charge in [0.1, 0.15) is 19.4 Å². The second kappa shape index (κ2) is 6.96. The number of hydrogen-bond acceptors (Lipinski definition) is 2. The molecule has 0 N–H and O–H groups in total. The normalized spacial score (nSPS) is 10.8. The molecule has 0 saturated heterocycles. The van der Waals surface area contributed by atoms with E-state index in [0.717, 1.165) is 45.8 Å². The standard InChI is InChI=1S/C20H18BFNO/c1-3-17-15(12-24)10-19(21-2)18-9-14(11-23-20(17)18)8-13-4-6-16(22)7-5-13/h4-7,9-12H,3,8H2,1-2H3. The third kappa shape index (κ3) is 3.09. The molecule has 0 aliphatic rings. The molecule has 3 rings (SSSR count). The largest absolute Gasteiger partial charge is 0.298 e. The average Bonchev–Trinajstić information content (AvgIpc) is 2.62. The van der Waals surface area contributed by atoms with Crippen LogP contribution in [0.5, 0.6) is 0 Å². The van der Waals surface area contributed by atoms with E-state index in [1.54, 1.807) is 12.1 Å². The first-order chi connectivity index (χ1) is 11.7. The van der Waals surface area contributed by atoms with E-state index in [0.29, 0.717) is 12.0 Å². The van der Waals surface area contributed by atoms with Gasteiger partial charge in [0.25, 0.3) is 0 Å². The average molecular weight is 318 g/mol. The topological polar surface area (TPSA) is 30.0 Å². The highest BCUT2D eigenvalue weighted by Gasteiger charge is 2.12. The molecular formula is C20H18BFNO. The third-order valence-electron chi connectivity index (χ3n) is 4.31. The summed E-state index contributed by atoms with van der Waals surface area (Å²) in [6.45, 7) is 3.99. The molecule has 0 aliphatic carbocycles. The third-order valence-corrected chi connectivity index (χ3v) is 4.31. The summed E-state index contributed by atoms with van der Waals surface area (Å²) in [5.41, 5.74) is 5.70. The number of aromatic nitrogens is 1. The Balaban J connectivity index is 2.09. The van der Waals surface area contributed by atoms with E-state index < -0.39 is 0 Å². The molecule has 2 aromatic carbocycles. The van der Waals surface area contributed by atoms with Crippen LogP contribution >= 0.6 is 0 Å². The zero-order chi connectivity index (χ0) is 17.1. The number of pyridine rings is 1. The minimum atomic E-state index is -0.229. The SMILES string of the molecule is C[B]c1cc(C=O)c(CC)c2ncc(Cc3ccc(F)cc3)cc12. The summed E-state index contributed by atoms with van der Waals surface area (Å²) in [6, 6.07) is 10.6. The maximum Gasteiger partial charge on any atom is 0.150 e. The van der Waals surface area contributed by atoms with Crippen LogP contribution in [-0.4, -0.2) is 18.5 Å². The number of rotatable bonds is 5. The molecule has 1 heterocycles. The molecule has 0 bridgehead atoms. The number of hydrogen-bond donors (Lipinski definition) is 0. The number of aldehydes is 1. The number of fused-ring (bicyclic) bond motifs is 1. The predicted octanol–water partition coefficient (Wildman–Crippen LogP) is 3.72. The summed E-state index contributed by atoms with van der Waals surface area (Å²) in [5, 5.41) is 1.06. The quantitative estimate of drug-likeness (QED) is 0.530. The fraction of sp³-hybridized carbons (Fsp3) is 0.200. The van der Waals surface area contributed by atoms with Crippen LogP contribution in [0.2, 0.25) is 6.82 Å². The van der Waals surface area contributed by atoms with Crippen molar-refractivity contribution in [3.63, 3.8) is 0 Å². The highest BCUT2D eigenvalue weighted by Crippen LogP contribution is 2.21. The second-order valence-corrected chi connectivity index (χ2v) is 5.84. The van der Waals surface area contributed by atoms with Crippen molar-refractivity contribution in [3.8, 4) is 0 Å². The number of nitrogens with zero attached hydrogens (tertiary/aromatic N) is 1. The number of carbonyl (C=O) groups excluding carboxylic acids is 1. The van der Waals surface area contributed by atoms with Crippen molar-refractivity contribution in [1.82, 2.24) is 4.98 Å². The first-order valence-corrected chi connectivity index (χ1v) is 8.09. The molecule has 119 valence electrons. The van der Waals surface area contributed by atoms with Gasteiger partial charge in [0.15, 0.2) is 0 Å². The molecule has 24 heavy (non-hydrogen) atoms. The van der Waals surface area contributed by atoms with Crippen molar-refractivity contribution in [3.05, 3.63) is 70.7 Å². The van der Waals surface area contributed by atoms with E-state index in [1.807, 2.05) is 33.3 Å². The first-order valence-electron chi connectivity index (χ1n) is 8.09. The summed E-state index contributed by atoms with van der Waals surface area (Å²) in [5.74, 6) is -0.229. The van der Waals surface area contributed by atoms with E-state index in [2.05, 4.69) is 11.1 Å². The molecule has 2 nitrogen and oxygen atoms in total. The monoisotopic (exact) mass is 318 g/mol.